The molecular formula is C16H15ClN4OS. The minimum Gasteiger partial charge on any atom is -0.325 e. The van der Waals surface area contributed by atoms with Crippen LogP contribution in [0.1, 0.15) is 22.6 Å². The van der Waals surface area contributed by atoms with Crippen LogP contribution in [0.3, 0.4) is 0 Å². The summed E-state index contributed by atoms with van der Waals surface area (Å²) in [5.74, 6) is 0.572. The molecule has 0 unspecified atom stereocenters. The Hall–Kier alpha value is -2.10. The fourth-order valence-electron chi connectivity index (χ4n) is 2.00. The number of hydrogen-bond acceptors (Lipinski definition) is 5. The monoisotopic (exact) mass is 346 g/mol. The summed E-state index contributed by atoms with van der Waals surface area (Å²) in [6.45, 7) is 5.39. The van der Waals surface area contributed by atoms with Crippen LogP contribution < -0.4 is 5.32 Å². The second kappa shape index (κ2) is 7.44. The minimum atomic E-state index is -0.168. The van der Waals surface area contributed by atoms with Gasteiger partial charge in [-0.2, -0.15) is 5.26 Å². The highest BCUT2D eigenvalue weighted by Gasteiger charge is 2.13. The van der Waals surface area contributed by atoms with Gasteiger partial charge in [-0.25, -0.2) is 9.97 Å². The Morgan fingerprint density at radius 1 is 1.35 bits per heavy atom. The molecule has 0 radical (unpaired) electrons. The van der Waals surface area contributed by atoms with Gasteiger partial charge in [0, 0.05) is 10.7 Å². The zero-order valence-corrected chi connectivity index (χ0v) is 14.5. The van der Waals surface area contributed by atoms with Gasteiger partial charge in [0.2, 0.25) is 5.91 Å². The average Bonchev–Trinajstić information content (AvgIpc) is 2.47. The number of benzene rings is 1. The van der Waals surface area contributed by atoms with Crippen LogP contribution in [0.2, 0.25) is 5.02 Å². The molecule has 0 spiro atoms. The number of carbonyl (C=O) groups excluding carboxylic acids is 1. The highest BCUT2D eigenvalue weighted by atomic mass is 35.5. The van der Waals surface area contributed by atoms with Crippen LogP contribution in [-0.2, 0) is 4.79 Å². The summed E-state index contributed by atoms with van der Waals surface area (Å²) in [7, 11) is 0. The lowest BCUT2D eigenvalue weighted by atomic mass is 10.2. The summed E-state index contributed by atoms with van der Waals surface area (Å²) in [5.41, 5.74) is 2.64. The Bertz CT molecular complexity index is 801. The molecular weight excluding hydrogens is 332 g/mol. The molecule has 2 aromatic rings. The van der Waals surface area contributed by atoms with Crippen molar-refractivity contribution in [2.75, 3.05) is 11.1 Å². The van der Waals surface area contributed by atoms with Crippen molar-refractivity contribution in [2.24, 2.45) is 0 Å². The topological polar surface area (TPSA) is 78.7 Å². The van der Waals surface area contributed by atoms with E-state index in [9.17, 15) is 10.1 Å². The Morgan fingerprint density at radius 3 is 2.74 bits per heavy atom. The first kappa shape index (κ1) is 17.3. The van der Waals surface area contributed by atoms with Crippen LogP contribution >= 0.6 is 23.4 Å². The largest absolute Gasteiger partial charge is 0.325 e. The number of aromatic nitrogens is 2. The molecule has 1 heterocycles. The number of anilines is 1. The smallest absolute Gasteiger partial charge is 0.234 e. The molecule has 0 aliphatic rings. The summed E-state index contributed by atoms with van der Waals surface area (Å²) >= 11 is 7.12. The molecule has 0 atom stereocenters. The van der Waals surface area contributed by atoms with E-state index >= 15 is 0 Å². The third-order valence-electron chi connectivity index (χ3n) is 3.08. The quantitative estimate of drug-likeness (QED) is 0.675. The number of nitriles is 1. The number of nitrogens with zero attached hydrogens (tertiary/aromatic N) is 3. The van der Waals surface area contributed by atoms with Crippen LogP contribution in [0.5, 0.6) is 0 Å². The molecule has 1 aromatic heterocycles. The molecule has 0 saturated carbocycles. The predicted octanol–water partition coefficient (Wildman–Crippen LogP) is 3.66. The molecule has 0 aliphatic heterocycles. The number of amides is 1. The highest BCUT2D eigenvalue weighted by molar-refractivity contribution is 8.00. The van der Waals surface area contributed by atoms with Gasteiger partial charge >= 0.3 is 0 Å². The fourth-order valence-corrected chi connectivity index (χ4v) is 3.10. The summed E-state index contributed by atoms with van der Waals surface area (Å²) in [6, 6.07) is 7.36. The lowest BCUT2D eigenvalue weighted by Gasteiger charge is -2.09. The highest BCUT2D eigenvalue weighted by Crippen LogP contribution is 2.23. The molecule has 23 heavy (non-hydrogen) atoms. The Labute approximate surface area is 144 Å². The van der Waals surface area contributed by atoms with E-state index in [4.69, 9.17) is 11.6 Å². The number of thioether (sulfide) groups is 1. The van der Waals surface area contributed by atoms with E-state index in [0.717, 1.165) is 11.3 Å². The van der Waals surface area contributed by atoms with Crippen molar-refractivity contribution in [3.05, 3.63) is 45.9 Å². The van der Waals surface area contributed by atoms with Gasteiger partial charge in [-0.15, -0.1) is 0 Å². The number of halogens is 1. The number of nitrogens with one attached hydrogen (secondary N) is 1. The predicted molar refractivity (Wildman–Crippen MR) is 91.8 cm³/mol. The number of rotatable bonds is 4. The van der Waals surface area contributed by atoms with Crippen molar-refractivity contribution >= 4 is 35.0 Å². The van der Waals surface area contributed by atoms with Gasteiger partial charge in [0.25, 0.3) is 0 Å². The molecule has 1 amide bonds. The summed E-state index contributed by atoms with van der Waals surface area (Å²) in [4.78, 5) is 20.5. The Morgan fingerprint density at radius 2 is 2.09 bits per heavy atom. The van der Waals surface area contributed by atoms with E-state index < -0.39 is 0 Å². The van der Waals surface area contributed by atoms with Crippen LogP contribution in [-0.4, -0.2) is 21.6 Å². The number of hydrogen-bond donors (Lipinski definition) is 1. The summed E-state index contributed by atoms with van der Waals surface area (Å²) < 4.78 is 0. The van der Waals surface area contributed by atoms with E-state index in [2.05, 4.69) is 21.4 Å². The maximum absolute atomic E-state index is 12.1. The minimum absolute atomic E-state index is 0.159. The van der Waals surface area contributed by atoms with Gasteiger partial charge in [0.1, 0.15) is 22.5 Å². The molecule has 0 bridgehead atoms. The first-order chi connectivity index (χ1) is 10.9. The number of carbonyl (C=O) groups is 1. The maximum Gasteiger partial charge on any atom is 0.234 e. The molecule has 0 fully saturated rings. The average molecular weight is 347 g/mol. The van der Waals surface area contributed by atoms with Crippen LogP contribution in [0.25, 0.3) is 0 Å². The van der Waals surface area contributed by atoms with Gasteiger partial charge in [-0.1, -0.05) is 23.4 Å². The number of aryl methyl sites for hydroxylation is 3. The van der Waals surface area contributed by atoms with Crippen molar-refractivity contribution in [3.8, 4) is 6.07 Å². The molecule has 118 valence electrons. The van der Waals surface area contributed by atoms with Crippen molar-refractivity contribution < 1.29 is 4.79 Å². The van der Waals surface area contributed by atoms with Gasteiger partial charge in [-0.3, -0.25) is 4.79 Å². The van der Waals surface area contributed by atoms with Crippen molar-refractivity contribution in [2.45, 2.75) is 25.8 Å². The van der Waals surface area contributed by atoms with Crippen LogP contribution in [0.4, 0.5) is 5.69 Å². The van der Waals surface area contributed by atoms with Crippen molar-refractivity contribution in [1.82, 2.24) is 9.97 Å². The second-order valence-electron chi connectivity index (χ2n) is 4.94. The molecule has 0 aliphatic carbocycles. The fraction of sp³-hybridized carbons (Fsp3) is 0.250. The first-order valence-corrected chi connectivity index (χ1v) is 8.21. The normalized spacial score (nSPS) is 10.2. The van der Waals surface area contributed by atoms with Gasteiger partial charge in [-0.05, 0) is 44.5 Å². The van der Waals surface area contributed by atoms with E-state index in [-0.39, 0.29) is 11.7 Å². The lowest BCUT2D eigenvalue weighted by molar-refractivity contribution is -0.113. The second-order valence-corrected chi connectivity index (χ2v) is 6.34. The zero-order chi connectivity index (χ0) is 17.0. The Balaban J connectivity index is 2.07. The van der Waals surface area contributed by atoms with Gasteiger partial charge < -0.3 is 5.32 Å². The van der Waals surface area contributed by atoms with E-state index in [1.165, 1.54) is 11.8 Å². The summed E-state index contributed by atoms with van der Waals surface area (Å²) in [5, 5.41) is 13.2. The van der Waals surface area contributed by atoms with E-state index in [0.29, 0.717) is 27.1 Å². The zero-order valence-electron chi connectivity index (χ0n) is 13.0. The molecule has 1 N–H and O–H groups in total. The molecule has 2 rings (SSSR count). The lowest BCUT2D eigenvalue weighted by Crippen LogP contribution is -2.15. The molecule has 1 aromatic carbocycles. The van der Waals surface area contributed by atoms with Crippen molar-refractivity contribution in [1.29, 1.82) is 5.26 Å². The van der Waals surface area contributed by atoms with Crippen LogP contribution in [0, 0.1) is 32.1 Å². The third-order valence-corrected chi connectivity index (χ3v) is 4.29. The van der Waals surface area contributed by atoms with E-state index in [1.54, 1.807) is 32.0 Å². The third kappa shape index (κ3) is 4.44. The van der Waals surface area contributed by atoms with E-state index in [1.807, 2.05) is 6.92 Å². The molecule has 5 nitrogen and oxygen atoms in total. The van der Waals surface area contributed by atoms with Crippen LogP contribution in [0.15, 0.2) is 23.2 Å². The standard InChI is InChI=1S/C16H15ClN4OS/c1-9-6-12(17)4-5-14(9)21-15(22)8-23-16-13(7-18)10(2)19-11(3)20-16/h4-6H,8H2,1-3H3,(H,21,22). The maximum atomic E-state index is 12.1. The molecule has 0 saturated heterocycles. The SMILES string of the molecule is Cc1nc(C)c(C#N)c(SCC(=O)Nc2ccc(Cl)cc2C)n1. The Kier molecular flexibility index (Phi) is 5.59. The van der Waals surface area contributed by atoms with Gasteiger partial charge in [0.15, 0.2) is 0 Å². The van der Waals surface area contributed by atoms with Gasteiger partial charge in [0.05, 0.1) is 11.4 Å². The first-order valence-electron chi connectivity index (χ1n) is 6.85. The van der Waals surface area contributed by atoms with Crippen molar-refractivity contribution in [3.63, 3.8) is 0 Å². The molecule has 7 heteroatoms. The summed E-state index contributed by atoms with van der Waals surface area (Å²) in [6.07, 6.45) is 0.